The molecule has 0 unspecified atom stereocenters. The Bertz CT molecular complexity index is 967. The third-order valence-electron chi connectivity index (χ3n) is 5.18. The fourth-order valence-corrected chi connectivity index (χ4v) is 4.01. The summed E-state index contributed by atoms with van der Waals surface area (Å²) in [6, 6.07) is 7.26. The third-order valence-corrected chi connectivity index (χ3v) is 5.61. The van der Waals surface area contributed by atoms with Crippen molar-refractivity contribution in [1.29, 1.82) is 0 Å². The lowest BCUT2D eigenvalue weighted by Gasteiger charge is -2.39. The molecule has 152 valence electrons. The Balaban J connectivity index is 1.37. The highest BCUT2D eigenvalue weighted by Gasteiger charge is 2.33. The summed E-state index contributed by atoms with van der Waals surface area (Å²) in [5.41, 5.74) is 0.841. The van der Waals surface area contributed by atoms with Crippen molar-refractivity contribution in [3.05, 3.63) is 62.9 Å². The highest BCUT2D eigenvalue weighted by atomic mass is 35.5. The molecule has 1 saturated carbocycles. The Labute approximate surface area is 177 Å². The van der Waals surface area contributed by atoms with Gasteiger partial charge in [0, 0.05) is 40.7 Å². The Morgan fingerprint density at radius 2 is 1.76 bits per heavy atom. The van der Waals surface area contributed by atoms with E-state index in [1.807, 2.05) is 0 Å². The lowest BCUT2D eigenvalue weighted by molar-refractivity contribution is 0.0392. The second-order valence-electron chi connectivity index (χ2n) is 7.49. The molecule has 5 nitrogen and oxygen atoms in total. The smallest absolute Gasteiger partial charge is 0.338 e. The summed E-state index contributed by atoms with van der Waals surface area (Å²) in [5, 5.41) is 9.93. The number of likely N-dealkylation sites (tertiary alicyclic amines) is 1. The molecular weight excluding hydrogens is 420 g/mol. The van der Waals surface area contributed by atoms with E-state index in [1.54, 1.807) is 23.1 Å². The van der Waals surface area contributed by atoms with E-state index in [9.17, 15) is 14.0 Å². The second-order valence-corrected chi connectivity index (χ2v) is 8.37. The number of rotatable bonds is 6. The van der Waals surface area contributed by atoms with Crippen molar-refractivity contribution in [1.82, 2.24) is 4.90 Å². The molecule has 1 aliphatic carbocycles. The minimum Gasteiger partial charge on any atom is -0.493 e. The Morgan fingerprint density at radius 3 is 2.34 bits per heavy atom. The molecule has 2 aromatic rings. The average Bonchev–Trinajstić information content (AvgIpc) is 3.44. The summed E-state index contributed by atoms with van der Waals surface area (Å²) >= 11 is 11.9. The zero-order valence-electron chi connectivity index (χ0n) is 15.3. The number of hydrogen-bond acceptors (Lipinski definition) is 3. The number of amides is 1. The summed E-state index contributed by atoms with van der Waals surface area (Å²) in [6.07, 6.45) is 1.88. The molecule has 0 radical (unpaired) electrons. The maximum Gasteiger partial charge on any atom is 0.338 e. The molecule has 1 saturated heterocycles. The van der Waals surface area contributed by atoms with Gasteiger partial charge in [0.15, 0.2) is 0 Å². The zero-order chi connectivity index (χ0) is 20.7. The standard InChI is InChI=1S/C21H18Cl2FNO4/c22-14-3-13(4-15(23)5-14)20(26)25-8-11(9-25)10-29-19-7-18(24)17(21(27)28)6-16(19)12-1-2-12/h3-7,11-12H,1-2,8-10H2,(H,27,28). The number of carbonyl (C=O) groups excluding carboxylic acids is 1. The van der Waals surface area contributed by atoms with Gasteiger partial charge >= 0.3 is 5.97 Å². The summed E-state index contributed by atoms with van der Waals surface area (Å²) in [7, 11) is 0. The highest BCUT2D eigenvalue weighted by Crippen LogP contribution is 2.45. The fraction of sp³-hybridized carbons (Fsp3) is 0.333. The van der Waals surface area contributed by atoms with Gasteiger partial charge in [-0.15, -0.1) is 0 Å². The van der Waals surface area contributed by atoms with Gasteiger partial charge in [-0.05, 0) is 48.6 Å². The number of ether oxygens (including phenoxy) is 1. The number of carboxylic acids is 1. The molecule has 1 aliphatic heterocycles. The molecule has 8 heteroatoms. The minimum atomic E-state index is -1.29. The molecule has 4 rings (SSSR count). The van der Waals surface area contributed by atoms with Gasteiger partial charge in [-0.25, -0.2) is 9.18 Å². The van der Waals surface area contributed by atoms with Crippen molar-refractivity contribution in [2.45, 2.75) is 18.8 Å². The van der Waals surface area contributed by atoms with E-state index >= 15 is 0 Å². The number of benzene rings is 2. The van der Waals surface area contributed by atoms with Gasteiger partial charge in [-0.3, -0.25) is 4.79 Å². The molecule has 1 heterocycles. The summed E-state index contributed by atoms with van der Waals surface area (Å²) < 4.78 is 19.9. The first-order chi connectivity index (χ1) is 13.8. The minimum absolute atomic E-state index is 0.114. The highest BCUT2D eigenvalue weighted by molar-refractivity contribution is 6.35. The molecular formula is C21H18Cl2FNO4. The van der Waals surface area contributed by atoms with E-state index in [-0.39, 0.29) is 23.3 Å². The van der Waals surface area contributed by atoms with Crippen LogP contribution in [0, 0.1) is 11.7 Å². The van der Waals surface area contributed by atoms with Gasteiger partial charge in [0.05, 0.1) is 12.2 Å². The lowest BCUT2D eigenvalue weighted by atomic mass is 9.99. The van der Waals surface area contributed by atoms with E-state index in [0.29, 0.717) is 41.1 Å². The van der Waals surface area contributed by atoms with Gasteiger partial charge in [0.2, 0.25) is 0 Å². The van der Waals surface area contributed by atoms with Crippen LogP contribution < -0.4 is 4.74 Å². The molecule has 2 aliphatic rings. The number of carboxylic acid groups (broad SMARTS) is 1. The van der Waals surface area contributed by atoms with Crippen LogP contribution in [0.25, 0.3) is 0 Å². The first-order valence-electron chi connectivity index (χ1n) is 9.26. The van der Waals surface area contributed by atoms with Crippen LogP contribution in [0.3, 0.4) is 0 Å². The van der Waals surface area contributed by atoms with Crippen LogP contribution >= 0.6 is 23.2 Å². The van der Waals surface area contributed by atoms with Crippen molar-refractivity contribution < 1.29 is 23.8 Å². The number of halogens is 3. The molecule has 1 N–H and O–H groups in total. The largest absolute Gasteiger partial charge is 0.493 e. The first-order valence-corrected chi connectivity index (χ1v) is 10.0. The number of aromatic carboxylic acids is 1. The number of nitrogens with zero attached hydrogens (tertiary/aromatic N) is 1. The molecule has 2 aromatic carbocycles. The van der Waals surface area contributed by atoms with Crippen LogP contribution in [0.1, 0.15) is 45.0 Å². The molecule has 1 amide bonds. The van der Waals surface area contributed by atoms with E-state index in [2.05, 4.69) is 0 Å². The van der Waals surface area contributed by atoms with E-state index in [0.717, 1.165) is 24.5 Å². The number of hydrogen-bond donors (Lipinski definition) is 1. The van der Waals surface area contributed by atoms with Crippen molar-refractivity contribution in [2.24, 2.45) is 5.92 Å². The van der Waals surface area contributed by atoms with Gasteiger partial charge in [0.1, 0.15) is 11.6 Å². The van der Waals surface area contributed by atoms with Crippen molar-refractivity contribution in [3.8, 4) is 5.75 Å². The Kier molecular flexibility index (Phi) is 5.40. The molecule has 0 bridgehead atoms. The van der Waals surface area contributed by atoms with E-state index < -0.39 is 11.8 Å². The van der Waals surface area contributed by atoms with E-state index in [1.165, 1.54) is 6.07 Å². The Hall–Kier alpha value is -2.31. The van der Waals surface area contributed by atoms with Crippen LogP contribution in [-0.2, 0) is 0 Å². The monoisotopic (exact) mass is 437 g/mol. The van der Waals surface area contributed by atoms with Crippen LogP contribution in [-0.4, -0.2) is 41.6 Å². The van der Waals surface area contributed by atoms with Crippen LogP contribution in [0.2, 0.25) is 10.0 Å². The van der Waals surface area contributed by atoms with Crippen LogP contribution in [0.15, 0.2) is 30.3 Å². The first kappa shape index (κ1) is 20.0. The van der Waals surface area contributed by atoms with Crippen LogP contribution in [0.5, 0.6) is 5.75 Å². The van der Waals surface area contributed by atoms with Crippen LogP contribution in [0.4, 0.5) is 4.39 Å². The SMILES string of the molecule is O=C(O)c1cc(C2CC2)c(OCC2CN(C(=O)c3cc(Cl)cc(Cl)c3)C2)cc1F. The van der Waals surface area contributed by atoms with Crippen molar-refractivity contribution in [2.75, 3.05) is 19.7 Å². The van der Waals surface area contributed by atoms with Gasteiger partial charge in [-0.1, -0.05) is 23.2 Å². The Morgan fingerprint density at radius 1 is 1.10 bits per heavy atom. The number of carbonyl (C=O) groups is 2. The zero-order valence-corrected chi connectivity index (χ0v) is 16.8. The third kappa shape index (κ3) is 4.33. The van der Waals surface area contributed by atoms with Crippen molar-refractivity contribution >= 4 is 35.1 Å². The van der Waals surface area contributed by atoms with Gasteiger partial charge < -0.3 is 14.7 Å². The predicted octanol–water partition coefficient (Wildman–Crippen LogP) is 4.86. The molecule has 0 spiro atoms. The normalized spacial score (nSPS) is 16.4. The lowest BCUT2D eigenvalue weighted by Crippen LogP contribution is -2.52. The van der Waals surface area contributed by atoms with E-state index in [4.69, 9.17) is 33.0 Å². The molecule has 2 fully saturated rings. The van der Waals surface area contributed by atoms with Gasteiger partial charge in [-0.2, -0.15) is 0 Å². The maximum absolute atomic E-state index is 14.1. The molecule has 0 aromatic heterocycles. The summed E-state index contributed by atoms with van der Waals surface area (Å²) in [6.45, 7) is 1.35. The predicted molar refractivity (Wildman–Crippen MR) is 107 cm³/mol. The second kappa shape index (κ2) is 7.84. The fourth-order valence-electron chi connectivity index (χ4n) is 3.48. The topological polar surface area (TPSA) is 66.8 Å². The quantitative estimate of drug-likeness (QED) is 0.700. The summed E-state index contributed by atoms with van der Waals surface area (Å²) in [4.78, 5) is 25.4. The average molecular weight is 438 g/mol. The van der Waals surface area contributed by atoms with Gasteiger partial charge in [0.25, 0.3) is 5.91 Å². The van der Waals surface area contributed by atoms with Crippen molar-refractivity contribution in [3.63, 3.8) is 0 Å². The summed E-state index contributed by atoms with van der Waals surface area (Å²) in [5.74, 6) is -1.52. The maximum atomic E-state index is 14.1. The molecule has 29 heavy (non-hydrogen) atoms. The molecule has 0 atom stereocenters.